The minimum atomic E-state index is -3.65. The maximum Gasteiger partial charge on any atom is 0.182 e. The monoisotopic (exact) mass is 237 g/mol. The van der Waals surface area contributed by atoms with Gasteiger partial charge in [-0.2, -0.15) is 0 Å². The summed E-state index contributed by atoms with van der Waals surface area (Å²) in [4.78, 5) is -0.393. The summed E-state index contributed by atoms with van der Waals surface area (Å²) in [7, 11) is -3.65. The van der Waals surface area contributed by atoms with Crippen LogP contribution in [-0.2, 0) is 9.84 Å². The molecule has 0 aromatic heterocycles. The molecule has 0 spiro atoms. The summed E-state index contributed by atoms with van der Waals surface area (Å²) in [5, 5.41) is 0.182. The molecule has 0 radical (unpaired) electrons. The molecule has 0 unspecified atom stereocenters. The first kappa shape index (κ1) is 11.4. The maximum atomic E-state index is 13.1. The summed E-state index contributed by atoms with van der Waals surface area (Å²) in [6.45, 7) is -0.0473. The second kappa shape index (κ2) is 4.25. The van der Waals surface area contributed by atoms with Crippen molar-refractivity contribution in [2.45, 2.75) is 4.90 Å². The van der Waals surface area contributed by atoms with Crippen molar-refractivity contribution >= 4 is 21.4 Å². The summed E-state index contributed by atoms with van der Waals surface area (Å²) in [6.07, 6.45) is 0. The minimum absolute atomic E-state index is 0.0473. The zero-order valence-corrected chi connectivity index (χ0v) is 8.78. The van der Waals surface area contributed by atoms with Gasteiger partial charge in [-0.3, -0.25) is 0 Å². The number of hydrogen-bond acceptors (Lipinski definition) is 3. The van der Waals surface area contributed by atoms with Crippen LogP contribution in [0.1, 0.15) is 0 Å². The van der Waals surface area contributed by atoms with Crippen molar-refractivity contribution in [3.8, 4) is 0 Å². The Bertz CT molecular complexity index is 433. The second-order valence-electron chi connectivity index (χ2n) is 2.68. The highest BCUT2D eigenvalue weighted by Gasteiger charge is 2.18. The van der Waals surface area contributed by atoms with Crippen LogP contribution in [0, 0.1) is 5.82 Å². The zero-order chi connectivity index (χ0) is 10.8. The lowest BCUT2D eigenvalue weighted by molar-refractivity contribution is 0.567. The predicted octanol–water partition coefficient (Wildman–Crippen LogP) is 1.21. The van der Waals surface area contributed by atoms with Crippen molar-refractivity contribution in [2.24, 2.45) is 5.73 Å². The van der Waals surface area contributed by atoms with E-state index in [1.165, 1.54) is 6.07 Å². The van der Waals surface area contributed by atoms with Crippen molar-refractivity contribution in [3.63, 3.8) is 0 Å². The summed E-state index contributed by atoms with van der Waals surface area (Å²) < 4.78 is 36.0. The van der Waals surface area contributed by atoms with Gasteiger partial charge in [0.2, 0.25) is 0 Å². The van der Waals surface area contributed by atoms with Gasteiger partial charge in [-0.15, -0.1) is 0 Å². The molecule has 14 heavy (non-hydrogen) atoms. The zero-order valence-electron chi connectivity index (χ0n) is 7.20. The third-order valence-electron chi connectivity index (χ3n) is 1.61. The van der Waals surface area contributed by atoms with E-state index in [2.05, 4.69) is 0 Å². The van der Waals surface area contributed by atoms with Gasteiger partial charge in [0, 0.05) is 11.6 Å². The largest absolute Gasteiger partial charge is 0.329 e. The van der Waals surface area contributed by atoms with E-state index in [-0.39, 0.29) is 17.3 Å². The fourth-order valence-corrected chi connectivity index (χ4v) is 2.42. The van der Waals surface area contributed by atoms with E-state index >= 15 is 0 Å². The van der Waals surface area contributed by atoms with Gasteiger partial charge in [-0.25, -0.2) is 12.8 Å². The van der Waals surface area contributed by atoms with Crippen molar-refractivity contribution < 1.29 is 12.8 Å². The van der Waals surface area contributed by atoms with Crippen LogP contribution in [0.4, 0.5) is 4.39 Å². The SMILES string of the molecule is NCCS(=O)(=O)c1cc(Cl)ccc1F. The molecule has 0 amide bonds. The molecule has 0 atom stereocenters. The van der Waals surface area contributed by atoms with Crippen LogP contribution >= 0.6 is 11.6 Å². The molecule has 1 aromatic rings. The van der Waals surface area contributed by atoms with Gasteiger partial charge >= 0.3 is 0 Å². The molecular formula is C8H9ClFNO2S. The Hall–Kier alpha value is -0.650. The summed E-state index contributed by atoms with van der Waals surface area (Å²) in [6, 6.07) is 3.39. The summed E-state index contributed by atoms with van der Waals surface area (Å²) >= 11 is 5.56. The number of nitrogens with two attached hydrogens (primary N) is 1. The van der Waals surface area contributed by atoms with Gasteiger partial charge in [-0.05, 0) is 18.2 Å². The number of halogens is 2. The summed E-state index contributed by atoms with van der Waals surface area (Å²) in [5.41, 5.74) is 5.11. The van der Waals surface area contributed by atoms with E-state index in [4.69, 9.17) is 17.3 Å². The molecule has 0 fully saturated rings. The van der Waals surface area contributed by atoms with E-state index in [0.29, 0.717) is 0 Å². The van der Waals surface area contributed by atoms with Crippen LogP contribution in [0.5, 0.6) is 0 Å². The van der Waals surface area contributed by atoms with Gasteiger partial charge in [0.15, 0.2) is 9.84 Å². The molecule has 0 heterocycles. The molecule has 0 aliphatic heterocycles. The van der Waals surface area contributed by atoms with E-state index < -0.39 is 20.5 Å². The topological polar surface area (TPSA) is 60.2 Å². The molecule has 0 aliphatic carbocycles. The number of hydrogen-bond donors (Lipinski definition) is 1. The van der Waals surface area contributed by atoms with Crippen LogP contribution in [0.2, 0.25) is 5.02 Å². The maximum absolute atomic E-state index is 13.1. The average Bonchev–Trinajstić information content (AvgIpc) is 2.09. The van der Waals surface area contributed by atoms with Gasteiger partial charge in [0.25, 0.3) is 0 Å². The lowest BCUT2D eigenvalue weighted by Gasteiger charge is -2.04. The molecular weight excluding hydrogens is 229 g/mol. The average molecular weight is 238 g/mol. The minimum Gasteiger partial charge on any atom is -0.329 e. The first-order chi connectivity index (χ1) is 6.47. The van der Waals surface area contributed by atoms with Crippen LogP contribution in [0.15, 0.2) is 23.1 Å². The normalized spacial score (nSPS) is 11.6. The molecule has 1 aromatic carbocycles. The Morgan fingerprint density at radius 2 is 2.07 bits per heavy atom. The van der Waals surface area contributed by atoms with Gasteiger partial charge in [0.1, 0.15) is 10.7 Å². The molecule has 1 rings (SSSR count). The van der Waals surface area contributed by atoms with Gasteiger partial charge in [-0.1, -0.05) is 11.6 Å². The molecule has 2 N–H and O–H groups in total. The number of benzene rings is 1. The Kier molecular flexibility index (Phi) is 3.47. The van der Waals surface area contributed by atoms with Crippen LogP contribution in [0.25, 0.3) is 0 Å². The first-order valence-electron chi connectivity index (χ1n) is 3.85. The fourth-order valence-electron chi connectivity index (χ4n) is 0.981. The quantitative estimate of drug-likeness (QED) is 0.860. The number of sulfone groups is 1. The van der Waals surface area contributed by atoms with Crippen molar-refractivity contribution in [3.05, 3.63) is 29.0 Å². The van der Waals surface area contributed by atoms with Crippen molar-refractivity contribution in [2.75, 3.05) is 12.3 Å². The van der Waals surface area contributed by atoms with Crippen molar-refractivity contribution in [1.82, 2.24) is 0 Å². The Balaban J connectivity index is 3.25. The fraction of sp³-hybridized carbons (Fsp3) is 0.250. The van der Waals surface area contributed by atoms with E-state index in [1.807, 2.05) is 0 Å². The Labute approximate surface area is 86.6 Å². The molecule has 0 saturated heterocycles. The second-order valence-corrected chi connectivity index (χ2v) is 5.20. The third-order valence-corrected chi connectivity index (χ3v) is 3.61. The van der Waals surface area contributed by atoms with Crippen LogP contribution in [0.3, 0.4) is 0 Å². The van der Waals surface area contributed by atoms with E-state index in [9.17, 15) is 12.8 Å². The molecule has 0 saturated carbocycles. The number of rotatable bonds is 3. The van der Waals surface area contributed by atoms with Crippen molar-refractivity contribution in [1.29, 1.82) is 0 Å². The molecule has 6 heteroatoms. The standard InChI is InChI=1S/C8H9ClFNO2S/c9-6-1-2-7(10)8(5-6)14(12,13)4-3-11/h1-2,5H,3-4,11H2. The lowest BCUT2D eigenvalue weighted by Crippen LogP contribution is -2.16. The molecule has 0 bridgehead atoms. The highest BCUT2D eigenvalue weighted by Crippen LogP contribution is 2.20. The smallest absolute Gasteiger partial charge is 0.182 e. The third kappa shape index (κ3) is 2.43. The first-order valence-corrected chi connectivity index (χ1v) is 5.88. The molecule has 0 aliphatic rings. The molecule has 3 nitrogen and oxygen atoms in total. The molecule has 78 valence electrons. The van der Waals surface area contributed by atoms with Gasteiger partial charge in [0.05, 0.1) is 5.75 Å². The highest BCUT2D eigenvalue weighted by molar-refractivity contribution is 7.91. The van der Waals surface area contributed by atoms with Crippen LogP contribution in [-0.4, -0.2) is 20.7 Å². The van der Waals surface area contributed by atoms with E-state index in [1.54, 1.807) is 0 Å². The highest BCUT2D eigenvalue weighted by atomic mass is 35.5. The predicted molar refractivity (Wildman–Crippen MR) is 52.5 cm³/mol. The van der Waals surface area contributed by atoms with E-state index in [0.717, 1.165) is 12.1 Å². The van der Waals surface area contributed by atoms with Crippen LogP contribution < -0.4 is 5.73 Å². The summed E-state index contributed by atoms with van der Waals surface area (Å²) in [5.74, 6) is -1.09. The lowest BCUT2D eigenvalue weighted by atomic mass is 10.3. The van der Waals surface area contributed by atoms with Gasteiger partial charge < -0.3 is 5.73 Å². The Morgan fingerprint density at radius 1 is 1.43 bits per heavy atom. The Morgan fingerprint density at radius 3 is 2.64 bits per heavy atom.